The lowest BCUT2D eigenvalue weighted by molar-refractivity contribution is -0.142. The fourth-order valence-electron chi connectivity index (χ4n) is 4.36. The number of carbonyl (C=O) groups is 2. The average Bonchev–Trinajstić information content (AvgIpc) is 3.32. The molecule has 4 aromatic rings. The predicted molar refractivity (Wildman–Crippen MR) is 147 cm³/mol. The molecular formula is C29H36N6O3. The minimum atomic E-state index is -0.839. The van der Waals surface area contributed by atoms with E-state index in [0.29, 0.717) is 31.7 Å². The normalized spacial score (nSPS) is 12.5. The summed E-state index contributed by atoms with van der Waals surface area (Å²) in [7, 11) is 0. The maximum Gasteiger partial charge on any atom is 0.247 e. The first-order valence-corrected chi connectivity index (χ1v) is 13.1. The largest absolute Gasteiger partial charge is 0.382 e. The van der Waals surface area contributed by atoms with Gasteiger partial charge in [0.25, 0.3) is 0 Å². The average molecular weight is 517 g/mol. The molecule has 9 nitrogen and oxygen atoms in total. The number of benzene rings is 2. The number of para-hydroxylation sites is 1. The van der Waals surface area contributed by atoms with E-state index >= 15 is 0 Å². The molecule has 0 saturated carbocycles. The van der Waals surface area contributed by atoms with Gasteiger partial charge in [0, 0.05) is 36.9 Å². The molecule has 1 atom stereocenters. The van der Waals surface area contributed by atoms with Crippen molar-refractivity contribution in [3.63, 3.8) is 0 Å². The van der Waals surface area contributed by atoms with Crippen LogP contribution >= 0.6 is 0 Å². The fourth-order valence-corrected chi connectivity index (χ4v) is 4.36. The Morgan fingerprint density at radius 1 is 1.08 bits per heavy atom. The van der Waals surface area contributed by atoms with Crippen LogP contribution in [-0.2, 0) is 20.9 Å². The molecule has 0 aliphatic carbocycles. The zero-order valence-electron chi connectivity index (χ0n) is 22.6. The van der Waals surface area contributed by atoms with Crippen LogP contribution in [0, 0.1) is 0 Å². The molecule has 0 fully saturated rings. The van der Waals surface area contributed by atoms with E-state index in [9.17, 15) is 9.59 Å². The maximum absolute atomic E-state index is 13.9. The van der Waals surface area contributed by atoms with Crippen LogP contribution in [0.4, 0.5) is 0 Å². The van der Waals surface area contributed by atoms with Gasteiger partial charge in [-0.05, 0) is 69.5 Å². The van der Waals surface area contributed by atoms with E-state index in [1.807, 2.05) is 82.3 Å². The van der Waals surface area contributed by atoms with Gasteiger partial charge in [-0.15, -0.1) is 5.10 Å². The number of hydrogen-bond donors (Lipinski definition) is 1. The molecule has 38 heavy (non-hydrogen) atoms. The highest BCUT2D eigenvalue weighted by Crippen LogP contribution is 2.27. The highest BCUT2D eigenvalue weighted by atomic mass is 16.5. The molecule has 2 heterocycles. The lowest BCUT2D eigenvalue weighted by Crippen LogP contribution is -2.51. The highest BCUT2D eigenvalue weighted by molar-refractivity contribution is 5.91. The first-order valence-electron chi connectivity index (χ1n) is 13.1. The summed E-state index contributed by atoms with van der Waals surface area (Å²) in [4.78, 5) is 33.9. The summed E-state index contributed by atoms with van der Waals surface area (Å²) in [5.74, 6) is -0.453. The van der Waals surface area contributed by atoms with Gasteiger partial charge in [0.05, 0.1) is 11.0 Å². The van der Waals surface area contributed by atoms with Crippen LogP contribution in [0.1, 0.15) is 52.1 Å². The Bertz CT molecular complexity index is 1400. The summed E-state index contributed by atoms with van der Waals surface area (Å²) < 4.78 is 7.14. The van der Waals surface area contributed by atoms with Gasteiger partial charge in [-0.2, -0.15) is 0 Å². The first-order chi connectivity index (χ1) is 18.3. The van der Waals surface area contributed by atoms with Crippen molar-refractivity contribution in [3.8, 4) is 0 Å². The van der Waals surface area contributed by atoms with Crippen LogP contribution in [-0.4, -0.2) is 62.0 Å². The molecule has 0 radical (unpaired) electrons. The summed E-state index contributed by atoms with van der Waals surface area (Å²) in [5.41, 5.74) is 2.59. The van der Waals surface area contributed by atoms with Gasteiger partial charge in [-0.3, -0.25) is 14.6 Å². The molecule has 4 rings (SSSR count). The molecule has 0 spiro atoms. The third-order valence-corrected chi connectivity index (χ3v) is 6.77. The van der Waals surface area contributed by atoms with E-state index < -0.39 is 11.6 Å². The summed E-state index contributed by atoms with van der Waals surface area (Å²) >= 11 is 0. The second-order valence-electron chi connectivity index (χ2n) is 9.96. The van der Waals surface area contributed by atoms with Crippen molar-refractivity contribution in [1.29, 1.82) is 0 Å². The third-order valence-electron chi connectivity index (χ3n) is 6.77. The third kappa shape index (κ3) is 6.34. The van der Waals surface area contributed by atoms with Gasteiger partial charge < -0.3 is 15.0 Å². The van der Waals surface area contributed by atoms with Crippen LogP contribution in [0.2, 0.25) is 0 Å². The lowest BCUT2D eigenvalue weighted by atomic mass is 9.97. The van der Waals surface area contributed by atoms with Crippen molar-refractivity contribution >= 4 is 33.8 Å². The maximum atomic E-state index is 13.9. The van der Waals surface area contributed by atoms with Gasteiger partial charge in [-0.25, -0.2) is 4.68 Å². The van der Waals surface area contributed by atoms with Gasteiger partial charge in [0.2, 0.25) is 11.8 Å². The Labute approximate surface area is 223 Å². The standard InChI is InChI=1S/C29H36N6O3/c1-5-29(3,4)31-28(37)27(22-14-15-23-21(19-22)11-9-16-30-23)34(17-10-18-38-6-2)26(36)20-35-25-13-8-7-12-24(25)32-33-35/h7-9,11-16,19,27H,5-6,10,17-18,20H2,1-4H3,(H,31,37)/t27-/m1/s1. The zero-order chi connectivity index (χ0) is 27.1. The summed E-state index contributed by atoms with van der Waals surface area (Å²) in [6.07, 6.45) is 3.08. The van der Waals surface area contributed by atoms with E-state index in [1.54, 1.807) is 15.8 Å². The van der Waals surface area contributed by atoms with Crippen LogP contribution in [0.5, 0.6) is 0 Å². The van der Waals surface area contributed by atoms with Crippen LogP contribution in [0.25, 0.3) is 21.9 Å². The van der Waals surface area contributed by atoms with E-state index in [4.69, 9.17) is 4.74 Å². The quantitative estimate of drug-likeness (QED) is 0.282. The SMILES string of the molecule is CCOCCCN(C(=O)Cn1nnc2ccccc21)[C@@H](C(=O)NC(C)(C)CC)c1ccc2ncccc2c1. The van der Waals surface area contributed by atoms with Crippen molar-refractivity contribution in [2.45, 2.75) is 58.7 Å². The summed E-state index contributed by atoms with van der Waals surface area (Å²) in [5, 5.41) is 12.5. The molecule has 0 unspecified atom stereocenters. The predicted octanol–water partition coefficient (Wildman–Crippen LogP) is 4.28. The van der Waals surface area contributed by atoms with E-state index in [0.717, 1.165) is 28.4 Å². The Kier molecular flexibility index (Phi) is 8.68. The molecule has 0 aliphatic heterocycles. The first kappa shape index (κ1) is 27.2. The van der Waals surface area contributed by atoms with Crippen molar-refractivity contribution in [3.05, 3.63) is 66.4 Å². The van der Waals surface area contributed by atoms with Gasteiger partial charge >= 0.3 is 0 Å². The number of pyridine rings is 1. The van der Waals surface area contributed by atoms with Crippen molar-refractivity contribution in [2.24, 2.45) is 0 Å². The number of rotatable bonds is 12. The van der Waals surface area contributed by atoms with Crippen LogP contribution in [0.3, 0.4) is 0 Å². The molecular weight excluding hydrogens is 480 g/mol. The molecule has 1 N–H and O–H groups in total. The van der Waals surface area contributed by atoms with Crippen LogP contribution < -0.4 is 5.32 Å². The topological polar surface area (TPSA) is 102 Å². The zero-order valence-corrected chi connectivity index (χ0v) is 22.6. The lowest BCUT2D eigenvalue weighted by Gasteiger charge is -2.34. The van der Waals surface area contributed by atoms with E-state index in [1.165, 1.54) is 0 Å². The Hall–Kier alpha value is -3.85. The molecule has 9 heteroatoms. The molecule has 0 aliphatic rings. The highest BCUT2D eigenvalue weighted by Gasteiger charge is 2.34. The van der Waals surface area contributed by atoms with Crippen molar-refractivity contribution in [1.82, 2.24) is 30.2 Å². The van der Waals surface area contributed by atoms with Crippen LogP contribution in [0.15, 0.2) is 60.8 Å². The molecule has 2 amide bonds. The monoisotopic (exact) mass is 516 g/mol. The molecule has 2 aromatic heterocycles. The number of hydrogen-bond acceptors (Lipinski definition) is 6. The Morgan fingerprint density at radius 2 is 1.89 bits per heavy atom. The second-order valence-corrected chi connectivity index (χ2v) is 9.96. The van der Waals surface area contributed by atoms with Gasteiger partial charge in [0.15, 0.2) is 0 Å². The molecule has 2 aromatic carbocycles. The number of aromatic nitrogens is 4. The number of amides is 2. The number of ether oxygens (including phenoxy) is 1. The number of fused-ring (bicyclic) bond motifs is 2. The number of nitrogens with one attached hydrogen (secondary N) is 1. The number of carbonyl (C=O) groups excluding carboxylic acids is 2. The number of nitrogens with zero attached hydrogens (tertiary/aromatic N) is 5. The molecule has 0 saturated heterocycles. The Balaban J connectivity index is 1.73. The summed E-state index contributed by atoms with van der Waals surface area (Å²) in [6, 6.07) is 16.2. The van der Waals surface area contributed by atoms with Gasteiger partial charge in [0.1, 0.15) is 18.1 Å². The smallest absolute Gasteiger partial charge is 0.247 e. The Morgan fingerprint density at radius 3 is 2.68 bits per heavy atom. The van der Waals surface area contributed by atoms with Crippen molar-refractivity contribution < 1.29 is 14.3 Å². The minimum absolute atomic E-state index is 0.0365. The van der Waals surface area contributed by atoms with E-state index in [2.05, 4.69) is 20.6 Å². The van der Waals surface area contributed by atoms with Crippen molar-refractivity contribution in [2.75, 3.05) is 19.8 Å². The fraction of sp³-hybridized carbons (Fsp3) is 0.414. The molecule has 200 valence electrons. The summed E-state index contributed by atoms with van der Waals surface area (Å²) in [6.45, 7) is 9.31. The van der Waals surface area contributed by atoms with E-state index in [-0.39, 0.29) is 18.4 Å². The van der Waals surface area contributed by atoms with Gasteiger partial charge in [-0.1, -0.05) is 36.4 Å². The minimum Gasteiger partial charge on any atom is -0.382 e. The second kappa shape index (κ2) is 12.1. The molecule has 0 bridgehead atoms.